The summed E-state index contributed by atoms with van der Waals surface area (Å²) in [6.07, 6.45) is 1.43. The van der Waals surface area contributed by atoms with Crippen LogP contribution in [0.5, 0.6) is 0 Å². The zero-order valence-electron chi connectivity index (χ0n) is 10.8. The highest BCUT2D eigenvalue weighted by atomic mass is 32.2. The molecule has 0 bridgehead atoms. The lowest BCUT2D eigenvalue weighted by atomic mass is 10.0. The van der Waals surface area contributed by atoms with Gasteiger partial charge >= 0.3 is 0 Å². The Morgan fingerprint density at radius 3 is 2.61 bits per heavy atom. The zero-order chi connectivity index (χ0) is 13.9. The number of carbonyl (C=O) groups excluding carboxylic acids is 1. The van der Waals surface area contributed by atoms with E-state index in [9.17, 15) is 13.2 Å². The van der Waals surface area contributed by atoms with Gasteiger partial charge in [0.25, 0.3) is 0 Å². The largest absolute Gasteiger partial charge is 0.393 e. The molecule has 0 aromatic rings. The molecule has 0 aromatic heterocycles. The van der Waals surface area contributed by atoms with E-state index in [0.29, 0.717) is 6.42 Å². The van der Waals surface area contributed by atoms with Gasteiger partial charge in [0.15, 0.2) is 9.84 Å². The van der Waals surface area contributed by atoms with Crippen LogP contribution in [-0.4, -0.2) is 48.3 Å². The van der Waals surface area contributed by atoms with Gasteiger partial charge in [-0.25, -0.2) is 8.42 Å². The van der Waals surface area contributed by atoms with E-state index in [4.69, 9.17) is 18.0 Å². The highest BCUT2D eigenvalue weighted by Gasteiger charge is 2.34. The van der Waals surface area contributed by atoms with Crippen LogP contribution in [0.15, 0.2) is 0 Å². The highest BCUT2D eigenvalue weighted by molar-refractivity contribution is 7.91. The molecule has 1 saturated heterocycles. The van der Waals surface area contributed by atoms with Crippen molar-refractivity contribution in [2.75, 3.05) is 18.1 Å². The normalized spacial score (nSPS) is 24.6. The Morgan fingerprint density at radius 1 is 1.56 bits per heavy atom. The van der Waals surface area contributed by atoms with Crippen molar-refractivity contribution in [3.05, 3.63) is 0 Å². The van der Waals surface area contributed by atoms with Crippen LogP contribution in [0.25, 0.3) is 0 Å². The summed E-state index contributed by atoms with van der Waals surface area (Å²) in [5.41, 5.74) is 5.59. The van der Waals surface area contributed by atoms with Gasteiger partial charge in [-0.1, -0.05) is 25.6 Å². The predicted molar refractivity (Wildman–Crippen MR) is 75.0 cm³/mol. The molecule has 0 aromatic carbocycles. The second-order valence-electron chi connectivity index (χ2n) is 4.74. The van der Waals surface area contributed by atoms with Gasteiger partial charge in [-0.15, -0.1) is 0 Å². The van der Waals surface area contributed by atoms with E-state index >= 15 is 0 Å². The van der Waals surface area contributed by atoms with Gasteiger partial charge in [-0.2, -0.15) is 0 Å². The summed E-state index contributed by atoms with van der Waals surface area (Å²) >= 11 is 4.92. The third-order valence-corrected chi connectivity index (χ3v) is 5.25. The standard InChI is InChI=1S/C11H20N2O3S2/c1-3-4-9(10(12)17)11(14)13-5-6-18(15,16)7-8(13)2/h8-9H,3-7H2,1-2H3,(H2,12,17). The van der Waals surface area contributed by atoms with Gasteiger partial charge in [-0.3, -0.25) is 4.79 Å². The van der Waals surface area contributed by atoms with Crippen molar-refractivity contribution in [1.29, 1.82) is 0 Å². The Hall–Kier alpha value is -0.690. The molecule has 2 unspecified atom stereocenters. The van der Waals surface area contributed by atoms with E-state index in [2.05, 4.69) is 0 Å². The number of thiocarbonyl (C=S) groups is 1. The molecule has 1 rings (SSSR count). The molecular weight excluding hydrogens is 272 g/mol. The van der Waals surface area contributed by atoms with Gasteiger partial charge in [0.05, 0.1) is 22.4 Å². The average Bonchev–Trinajstić information content (AvgIpc) is 2.23. The number of hydrogen-bond acceptors (Lipinski definition) is 4. The van der Waals surface area contributed by atoms with Gasteiger partial charge in [0.2, 0.25) is 5.91 Å². The second-order valence-corrected chi connectivity index (χ2v) is 7.44. The summed E-state index contributed by atoms with van der Waals surface area (Å²) < 4.78 is 22.9. The number of hydrogen-bond donors (Lipinski definition) is 1. The molecule has 1 amide bonds. The highest BCUT2D eigenvalue weighted by Crippen LogP contribution is 2.18. The van der Waals surface area contributed by atoms with E-state index in [1.807, 2.05) is 6.92 Å². The van der Waals surface area contributed by atoms with Crippen LogP contribution < -0.4 is 5.73 Å². The van der Waals surface area contributed by atoms with E-state index < -0.39 is 15.8 Å². The third kappa shape index (κ3) is 3.65. The summed E-state index contributed by atoms with van der Waals surface area (Å²) in [7, 11) is -3.01. The Morgan fingerprint density at radius 2 is 2.17 bits per heavy atom. The molecule has 1 aliphatic heterocycles. The van der Waals surface area contributed by atoms with Gasteiger partial charge < -0.3 is 10.6 Å². The second kappa shape index (κ2) is 5.97. The lowest BCUT2D eigenvalue weighted by Crippen LogP contribution is -2.53. The molecule has 0 radical (unpaired) electrons. The zero-order valence-corrected chi connectivity index (χ0v) is 12.4. The SMILES string of the molecule is CCCC(C(=O)N1CCS(=O)(=O)CC1C)C(N)=S. The van der Waals surface area contributed by atoms with Crippen LogP contribution >= 0.6 is 12.2 Å². The molecule has 18 heavy (non-hydrogen) atoms. The van der Waals surface area contributed by atoms with Crippen molar-refractivity contribution >= 4 is 33.0 Å². The van der Waals surface area contributed by atoms with E-state index in [-0.39, 0.29) is 35.0 Å². The van der Waals surface area contributed by atoms with Crippen molar-refractivity contribution in [2.24, 2.45) is 11.7 Å². The summed E-state index contributed by atoms with van der Waals surface area (Å²) in [4.78, 5) is 14.1. The van der Waals surface area contributed by atoms with Crippen LogP contribution in [-0.2, 0) is 14.6 Å². The molecule has 2 N–H and O–H groups in total. The average molecular weight is 292 g/mol. The number of nitrogens with zero attached hydrogens (tertiary/aromatic N) is 1. The summed E-state index contributed by atoms with van der Waals surface area (Å²) in [6.45, 7) is 3.95. The Balaban J connectivity index is 2.80. The minimum Gasteiger partial charge on any atom is -0.393 e. The third-order valence-electron chi connectivity index (χ3n) is 3.17. The molecule has 2 atom stereocenters. The molecule has 104 valence electrons. The van der Waals surface area contributed by atoms with Crippen LogP contribution in [0.3, 0.4) is 0 Å². The number of nitrogens with two attached hydrogens (primary N) is 1. The van der Waals surface area contributed by atoms with Crippen molar-refractivity contribution < 1.29 is 13.2 Å². The van der Waals surface area contributed by atoms with Crippen molar-refractivity contribution in [3.63, 3.8) is 0 Å². The van der Waals surface area contributed by atoms with Crippen LogP contribution in [0, 0.1) is 5.92 Å². The Labute approximate surface area is 114 Å². The van der Waals surface area contributed by atoms with Gasteiger partial charge in [-0.05, 0) is 13.3 Å². The molecule has 0 saturated carbocycles. The van der Waals surface area contributed by atoms with Crippen LogP contribution in [0.4, 0.5) is 0 Å². The summed E-state index contributed by atoms with van der Waals surface area (Å²) in [5, 5.41) is 0. The number of amides is 1. The van der Waals surface area contributed by atoms with Gasteiger partial charge in [0.1, 0.15) is 0 Å². The lowest BCUT2D eigenvalue weighted by Gasteiger charge is -2.35. The molecule has 5 nitrogen and oxygen atoms in total. The first-order chi connectivity index (χ1) is 8.28. The summed E-state index contributed by atoms with van der Waals surface area (Å²) in [6, 6.07) is -0.301. The van der Waals surface area contributed by atoms with Gasteiger partial charge in [0, 0.05) is 12.6 Å². The molecule has 1 heterocycles. The molecule has 0 aliphatic carbocycles. The van der Waals surface area contributed by atoms with Crippen LogP contribution in [0.2, 0.25) is 0 Å². The maximum absolute atomic E-state index is 12.3. The van der Waals surface area contributed by atoms with Crippen molar-refractivity contribution in [1.82, 2.24) is 4.90 Å². The molecule has 1 aliphatic rings. The predicted octanol–water partition coefficient (Wildman–Crippen LogP) is 0.334. The number of carbonyl (C=O) groups is 1. The first kappa shape index (κ1) is 15.4. The smallest absolute Gasteiger partial charge is 0.232 e. The quantitative estimate of drug-likeness (QED) is 0.756. The first-order valence-corrected chi connectivity index (χ1v) is 8.31. The molecule has 7 heteroatoms. The Bertz CT molecular complexity index is 434. The molecule has 0 spiro atoms. The first-order valence-electron chi connectivity index (χ1n) is 6.08. The fraction of sp³-hybridized carbons (Fsp3) is 0.818. The Kier molecular flexibility index (Phi) is 5.10. The fourth-order valence-corrected chi connectivity index (χ4v) is 3.98. The lowest BCUT2D eigenvalue weighted by molar-refractivity contribution is -0.135. The molecule has 1 fully saturated rings. The minimum absolute atomic E-state index is 0.0227. The number of sulfone groups is 1. The molecular formula is C11H20N2O3S2. The monoisotopic (exact) mass is 292 g/mol. The van der Waals surface area contributed by atoms with E-state index in [1.54, 1.807) is 11.8 Å². The van der Waals surface area contributed by atoms with Crippen molar-refractivity contribution in [2.45, 2.75) is 32.7 Å². The summed E-state index contributed by atoms with van der Waals surface area (Å²) in [5.74, 6) is -0.547. The van der Waals surface area contributed by atoms with E-state index in [0.717, 1.165) is 6.42 Å². The topological polar surface area (TPSA) is 80.5 Å². The van der Waals surface area contributed by atoms with Crippen LogP contribution in [0.1, 0.15) is 26.7 Å². The van der Waals surface area contributed by atoms with Crippen molar-refractivity contribution in [3.8, 4) is 0 Å². The maximum atomic E-state index is 12.3. The van der Waals surface area contributed by atoms with E-state index in [1.165, 1.54) is 0 Å². The maximum Gasteiger partial charge on any atom is 0.232 e. The number of rotatable bonds is 4. The minimum atomic E-state index is -3.01. The fourth-order valence-electron chi connectivity index (χ4n) is 2.20.